The van der Waals surface area contributed by atoms with Crippen LogP contribution in [0.15, 0.2) is 28.7 Å². The lowest BCUT2D eigenvalue weighted by Gasteiger charge is -2.11. The number of alkyl halides is 3. The molecule has 0 fully saturated rings. The Morgan fingerprint density at radius 1 is 1.19 bits per heavy atom. The smallest absolute Gasteiger partial charge is 0.433 e. The predicted octanol–water partition coefficient (Wildman–Crippen LogP) is 3.59. The molecule has 0 unspecified atom stereocenters. The molecule has 2 rings (SSSR count). The van der Waals surface area contributed by atoms with Crippen molar-refractivity contribution in [3.63, 3.8) is 0 Å². The molecule has 2 aromatic rings. The summed E-state index contributed by atoms with van der Waals surface area (Å²) < 4.78 is 43.8. The molecular weight excluding hydrogens is 353 g/mol. The standard InChI is InChI=1S/C12H10BrF3N4O/c1-21-8-3-6(13)2-7(4-8)18-10-5-9(12(14,15)16)19-11(17)20-10/h2-5H,1H3,(H3,17,18,19,20). The Hall–Kier alpha value is -2.03. The van der Waals surface area contributed by atoms with Gasteiger partial charge in [-0.05, 0) is 12.1 Å². The van der Waals surface area contributed by atoms with Gasteiger partial charge >= 0.3 is 6.18 Å². The van der Waals surface area contributed by atoms with Crippen LogP contribution < -0.4 is 15.8 Å². The van der Waals surface area contributed by atoms with Gasteiger partial charge in [0.05, 0.1) is 7.11 Å². The molecule has 5 nitrogen and oxygen atoms in total. The van der Waals surface area contributed by atoms with E-state index in [0.717, 1.165) is 6.07 Å². The zero-order chi connectivity index (χ0) is 15.6. The fraction of sp³-hybridized carbons (Fsp3) is 0.167. The second-order valence-electron chi connectivity index (χ2n) is 4.00. The van der Waals surface area contributed by atoms with Gasteiger partial charge in [-0.1, -0.05) is 15.9 Å². The summed E-state index contributed by atoms with van der Waals surface area (Å²) in [6, 6.07) is 5.76. The number of nitrogen functional groups attached to an aromatic ring is 1. The third kappa shape index (κ3) is 3.97. The van der Waals surface area contributed by atoms with E-state index in [-0.39, 0.29) is 5.82 Å². The SMILES string of the molecule is COc1cc(Br)cc(Nc2cc(C(F)(F)F)nc(N)n2)c1. The molecule has 0 radical (unpaired) electrons. The molecule has 9 heteroatoms. The molecule has 0 bridgehead atoms. The molecule has 1 heterocycles. The van der Waals surface area contributed by atoms with Gasteiger partial charge in [0.25, 0.3) is 0 Å². The Bertz CT molecular complexity index is 663. The summed E-state index contributed by atoms with van der Waals surface area (Å²) >= 11 is 3.27. The summed E-state index contributed by atoms with van der Waals surface area (Å²) in [7, 11) is 1.48. The first-order valence-electron chi connectivity index (χ1n) is 5.61. The van der Waals surface area contributed by atoms with Crippen LogP contribution in [0, 0.1) is 0 Å². The number of hydrogen-bond donors (Lipinski definition) is 2. The molecule has 0 amide bonds. The third-order valence-electron chi connectivity index (χ3n) is 2.41. The quantitative estimate of drug-likeness (QED) is 0.872. The molecule has 0 aliphatic heterocycles. The fourth-order valence-corrected chi connectivity index (χ4v) is 2.05. The first kappa shape index (κ1) is 15.4. The van der Waals surface area contributed by atoms with Gasteiger partial charge in [-0.2, -0.15) is 18.2 Å². The molecule has 1 aromatic heterocycles. The second kappa shape index (κ2) is 5.76. The van der Waals surface area contributed by atoms with Crippen molar-refractivity contribution < 1.29 is 17.9 Å². The van der Waals surface area contributed by atoms with Gasteiger partial charge in [0.1, 0.15) is 11.6 Å². The van der Waals surface area contributed by atoms with Crippen molar-refractivity contribution in [2.45, 2.75) is 6.18 Å². The number of benzene rings is 1. The average Bonchev–Trinajstić information content (AvgIpc) is 2.36. The van der Waals surface area contributed by atoms with Crippen molar-refractivity contribution in [2.24, 2.45) is 0 Å². The zero-order valence-corrected chi connectivity index (χ0v) is 12.3. The molecular formula is C12H10BrF3N4O. The Balaban J connectivity index is 2.35. The monoisotopic (exact) mass is 362 g/mol. The van der Waals surface area contributed by atoms with E-state index in [0.29, 0.717) is 15.9 Å². The van der Waals surface area contributed by atoms with Crippen LogP contribution in [0.4, 0.5) is 30.6 Å². The Kier molecular flexibility index (Phi) is 4.21. The number of ether oxygens (including phenoxy) is 1. The highest BCUT2D eigenvalue weighted by Gasteiger charge is 2.33. The van der Waals surface area contributed by atoms with Crippen molar-refractivity contribution in [1.29, 1.82) is 0 Å². The minimum Gasteiger partial charge on any atom is -0.497 e. The number of rotatable bonds is 3. The molecule has 0 spiro atoms. The topological polar surface area (TPSA) is 73.1 Å². The highest BCUT2D eigenvalue weighted by atomic mass is 79.9. The largest absolute Gasteiger partial charge is 0.497 e. The minimum atomic E-state index is -4.59. The summed E-state index contributed by atoms with van der Waals surface area (Å²) in [5.74, 6) is 0.00853. The summed E-state index contributed by atoms with van der Waals surface area (Å²) in [5.41, 5.74) is 4.68. The van der Waals surface area contributed by atoms with Crippen LogP contribution in [0.5, 0.6) is 5.75 Å². The van der Waals surface area contributed by atoms with Gasteiger partial charge in [0.2, 0.25) is 5.95 Å². The normalized spacial score (nSPS) is 11.3. The van der Waals surface area contributed by atoms with Crippen LogP contribution in [0.2, 0.25) is 0 Å². The van der Waals surface area contributed by atoms with Crippen LogP contribution >= 0.6 is 15.9 Å². The molecule has 112 valence electrons. The van der Waals surface area contributed by atoms with E-state index in [4.69, 9.17) is 10.5 Å². The van der Waals surface area contributed by atoms with Gasteiger partial charge in [-0.25, -0.2) is 4.98 Å². The maximum atomic E-state index is 12.7. The summed E-state index contributed by atoms with van der Waals surface area (Å²) in [6.07, 6.45) is -4.59. The lowest BCUT2D eigenvalue weighted by atomic mass is 10.3. The van der Waals surface area contributed by atoms with Crippen molar-refractivity contribution in [1.82, 2.24) is 9.97 Å². The molecule has 0 saturated carbocycles. The number of anilines is 3. The van der Waals surface area contributed by atoms with Crippen LogP contribution in [0.1, 0.15) is 5.69 Å². The second-order valence-corrected chi connectivity index (χ2v) is 4.91. The first-order valence-corrected chi connectivity index (χ1v) is 6.40. The van der Waals surface area contributed by atoms with Crippen molar-refractivity contribution in [3.8, 4) is 5.75 Å². The molecule has 3 N–H and O–H groups in total. The van der Waals surface area contributed by atoms with E-state index in [9.17, 15) is 13.2 Å². The highest BCUT2D eigenvalue weighted by molar-refractivity contribution is 9.10. The maximum absolute atomic E-state index is 12.7. The number of nitrogens with two attached hydrogens (primary N) is 1. The van der Waals surface area contributed by atoms with E-state index in [1.807, 2.05) is 0 Å². The molecule has 1 aromatic carbocycles. The average molecular weight is 363 g/mol. The lowest BCUT2D eigenvalue weighted by molar-refractivity contribution is -0.141. The number of nitrogens with zero attached hydrogens (tertiary/aromatic N) is 2. The van der Waals surface area contributed by atoms with E-state index in [2.05, 4.69) is 31.2 Å². The van der Waals surface area contributed by atoms with Gasteiger partial charge < -0.3 is 15.8 Å². The van der Waals surface area contributed by atoms with Crippen molar-refractivity contribution in [2.75, 3.05) is 18.2 Å². The van der Waals surface area contributed by atoms with Crippen LogP contribution in [0.3, 0.4) is 0 Å². The van der Waals surface area contributed by atoms with Crippen LogP contribution in [-0.2, 0) is 6.18 Å². The number of aromatic nitrogens is 2. The summed E-state index contributed by atoms with van der Waals surface area (Å²) in [5, 5.41) is 2.73. The highest BCUT2D eigenvalue weighted by Crippen LogP contribution is 2.31. The number of methoxy groups -OCH3 is 1. The molecule has 0 atom stereocenters. The van der Waals surface area contributed by atoms with Gasteiger partial charge in [-0.15, -0.1) is 0 Å². The zero-order valence-electron chi connectivity index (χ0n) is 10.7. The lowest BCUT2D eigenvalue weighted by Crippen LogP contribution is -2.12. The van der Waals surface area contributed by atoms with Gasteiger partial charge in [0.15, 0.2) is 5.69 Å². The number of nitrogens with one attached hydrogen (secondary N) is 1. The van der Waals surface area contributed by atoms with Crippen molar-refractivity contribution >= 4 is 33.4 Å². The number of halogens is 4. The third-order valence-corrected chi connectivity index (χ3v) is 2.87. The number of hydrogen-bond acceptors (Lipinski definition) is 5. The van der Waals surface area contributed by atoms with Crippen LogP contribution in [0.25, 0.3) is 0 Å². The van der Waals surface area contributed by atoms with E-state index in [1.165, 1.54) is 7.11 Å². The van der Waals surface area contributed by atoms with E-state index >= 15 is 0 Å². The van der Waals surface area contributed by atoms with Crippen LogP contribution in [-0.4, -0.2) is 17.1 Å². The van der Waals surface area contributed by atoms with E-state index in [1.54, 1.807) is 18.2 Å². The molecule has 0 saturated heterocycles. The Labute approximate surface area is 126 Å². The van der Waals surface area contributed by atoms with Crippen molar-refractivity contribution in [3.05, 3.63) is 34.4 Å². The molecule has 0 aliphatic rings. The Morgan fingerprint density at radius 3 is 2.52 bits per heavy atom. The Morgan fingerprint density at radius 2 is 1.90 bits per heavy atom. The maximum Gasteiger partial charge on any atom is 0.433 e. The first-order chi connectivity index (χ1) is 9.77. The van der Waals surface area contributed by atoms with E-state index < -0.39 is 17.8 Å². The van der Waals surface area contributed by atoms with Gasteiger partial charge in [-0.3, -0.25) is 0 Å². The summed E-state index contributed by atoms with van der Waals surface area (Å²) in [4.78, 5) is 6.89. The van der Waals surface area contributed by atoms with Gasteiger partial charge in [0, 0.05) is 22.3 Å². The summed E-state index contributed by atoms with van der Waals surface area (Å²) in [6.45, 7) is 0. The predicted molar refractivity (Wildman–Crippen MR) is 75.4 cm³/mol. The fourth-order valence-electron chi connectivity index (χ4n) is 1.58. The molecule has 0 aliphatic carbocycles. The minimum absolute atomic E-state index is 0.0602. The molecule has 21 heavy (non-hydrogen) atoms.